The molecule has 0 amide bonds. The third kappa shape index (κ3) is 5.01. The van der Waals surface area contributed by atoms with Crippen molar-refractivity contribution in [2.45, 2.75) is 12.8 Å². The van der Waals surface area contributed by atoms with Gasteiger partial charge in [-0.2, -0.15) is 0 Å². The maximum atomic E-state index is 8.49. The highest BCUT2D eigenvalue weighted by atomic mass is 35.5. The summed E-state index contributed by atoms with van der Waals surface area (Å²) in [7, 11) is 0. The number of hydrogen-bond donors (Lipinski definition) is 1. The molecule has 0 aromatic heterocycles. The van der Waals surface area contributed by atoms with Crippen LogP contribution in [0.25, 0.3) is 0 Å². The summed E-state index contributed by atoms with van der Waals surface area (Å²) in [5.41, 5.74) is 0. The molecule has 3 heteroatoms. The maximum Gasteiger partial charge on any atom is 0.0434 e. The normalized spacial score (nSPS) is 13.7. The highest BCUT2D eigenvalue weighted by Crippen LogP contribution is 2.10. The van der Waals surface area contributed by atoms with Gasteiger partial charge in [0.15, 0.2) is 0 Å². The first-order valence-corrected chi connectivity index (χ1v) is 4.14. The summed E-state index contributed by atoms with van der Waals surface area (Å²) in [6.07, 6.45) is 1.68. The van der Waals surface area contributed by atoms with Gasteiger partial charge in [-0.3, -0.25) is 0 Å². The minimum atomic E-state index is 0.217. The van der Waals surface area contributed by atoms with E-state index in [0.717, 1.165) is 12.8 Å². The Hall–Kier alpha value is 0.540. The first-order valence-electron chi connectivity index (χ1n) is 3.08. The molecule has 0 saturated heterocycles. The van der Waals surface area contributed by atoms with E-state index in [1.165, 1.54) is 0 Å². The van der Waals surface area contributed by atoms with Crippen LogP contribution < -0.4 is 0 Å². The molecule has 56 valence electrons. The Bertz CT molecular complexity index is 53.0. The molecular weight excluding hydrogens is 159 g/mol. The summed E-state index contributed by atoms with van der Waals surface area (Å²) >= 11 is 11.0. The predicted octanol–water partition coefficient (Wildman–Crippen LogP) is 1.85. The number of aliphatic hydroxyl groups excluding tert-OH is 1. The summed E-state index contributed by atoms with van der Waals surface area (Å²) in [4.78, 5) is 0. The molecule has 0 saturated carbocycles. The molecular formula is C6H12Cl2O. The Labute approximate surface area is 66.0 Å². The van der Waals surface area contributed by atoms with E-state index in [1.807, 2.05) is 0 Å². The van der Waals surface area contributed by atoms with E-state index < -0.39 is 0 Å². The molecule has 0 rings (SSSR count). The second kappa shape index (κ2) is 6.66. The van der Waals surface area contributed by atoms with Crippen molar-refractivity contribution < 1.29 is 5.11 Å². The Morgan fingerprint density at radius 1 is 1.22 bits per heavy atom. The van der Waals surface area contributed by atoms with Crippen molar-refractivity contribution in [1.82, 2.24) is 0 Å². The molecule has 1 nitrogen and oxygen atoms in total. The third-order valence-electron chi connectivity index (χ3n) is 1.27. The van der Waals surface area contributed by atoms with Crippen LogP contribution in [0.4, 0.5) is 0 Å². The van der Waals surface area contributed by atoms with Crippen LogP contribution in [-0.4, -0.2) is 23.5 Å². The zero-order valence-electron chi connectivity index (χ0n) is 5.32. The number of aliphatic hydroxyl groups is 1. The van der Waals surface area contributed by atoms with Gasteiger partial charge in [0.25, 0.3) is 0 Å². The van der Waals surface area contributed by atoms with Gasteiger partial charge in [0.2, 0.25) is 0 Å². The van der Waals surface area contributed by atoms with E-state index in [9.17, 15) is 0 Å². The van der Waals surface area contributed by atoms with Crippen molar-refractivity contribution >= 4 is 23.2 Å². The first-order chi connectivity index (χ1) is 4.35. The summed E-state index contributed by atoms with van der Waals surface area (Å²) in [5, 5.41) is 8.49. The van der Waals surface area contributed by atoms with Crippen LogP contribution in [0.1, 0.15) is 12.8 Å². The van der Waals surface area contributed by atoms with Crippen molar-refractivity contribution in [3.8, 4) is 0 Å². The van der Waals surface area contributed by atoms with Crippen LogP contribution in [0.5, 0.6) is 0 Å². The summed E-state index contributed by atoms with van der Waals surface area (Å²) in [5.74, 6) is 1.64. The maximum absolute atomic E-state index is 8.49. The molecule has 0 fully saturated rings. The van der Waals surface area contributed by atoms with Crippen LogP contribution in [0.2, 0.25) is 0 Å². The fraction of sp³-hybridized carbons (Fsp3) is 1.00. The summed E-state index contributed by atoms with van der Waals surface area (Å²) in [6, 6.07) is 0. The van der Waals surface area contributed by atoms with Crippen molar-refractivity contribution in [2.24, 2.45) is 5.92 Å². The molecule has 0 radical (unpaired) electrons. The molecule has 0 aliphatic rings. The summed E-state index contributed by atoms with van der Waals surface area (Å²) < 4.78 is 0. The zero-order chi connectivity index (χ0) is 7.11. The van der Waals surface area contributed by atoms with Crippen LogP contribution in [-0.2, 0) is 0 Å². The number of hydrogen-bond acceptors (Lipinski definition) is 1. The minimum absolute atomic E-state index is 0.217. The first kappa shape index (κ1) is 9.54. The molecule has 0 heterocycles. The van der Waals surface area contributed by atoms with Gasteiger partial charge in [-0.1, -0.05) is 0 Å². The Morgan fingerprint density at radius 2 is 1.89 bits per heavy atom. The van der Waals surface area contributed by atoms with E-state index in [-0.39, 0.29) is 6.61 Å². The molecule has 0 bridgehead atoms. The lowest BCUT2D eigenvalue weighted by atomic mass is 10.1. The van der Waals surface area contributed by atoms with Gasteiger partial charge in [0.05, 0.1) is 0 Å². The zero-order valence-corrected chi connectivity index (χ0v) is 6.83. The molecule has 0 aromatic rings. The monoisotopic (exact) mass is 170 g/mol. The van der Waals surface area contributed by atoms with Crippen LogP contribution >= 0.6 is 23.2 Å². The topological polar surface area (TPSA) is 20.2 Å². The third-order valence-corrected chi connectivity index (χ3v) is 1.93. The molecule has 1 N–H and O–H groups in total. The van der Waals surface area contributed by atoms with E-state index in [0.29, 0.717) is 17.7 Å². The van der Waals surface area contributed by atoms with E-state index >= 15 is 0 Å². The van der Waals surface area contributed by atoms with Crippen LogP contribution in [0.3, 0.4) is 0 Å². The molecule has 0 spiro atoms. The van der Waals surface area contributed by atoms with Gasteiger partial charge in [0, 0.05) is 18.4 Å². The highest BCUT2D eigenvalue weighted by Gasteiger charge is 2.04. The molecule has 1 atom stereocenters. The molecule has 9 heavy (non-hydrogen) atoms. The smallest absolute Gasteiger partial charge is 0.0434 e. The SMILES string of the molecule is OCCC(CCl)CCCl. The van der Waals surface area contributed by atoms with Gasteiger partial charge < -0.3 is 5.11 Å². The summed E-state index contributed by atoms with van der Waals surface area (Å²) in [6.45, 7) is 0.217. The average molecular weight is 171 g/mol. The molecule has 1 unspecified atom stereocenters. The van der Waals surface area contributed by atoms with Gasteiger partial charge in [-0.25, -0.2) is 0 Å². The lowest BCUT2D eigenvalue weighted by Gasteiger charge is -2.08. The van der Waals surface area contributed by atoms with Gasteiger partial charge in [0.1, 0.15) is 0 Å². The average Bonchev–Trinajstić information content (AvgIpc) is 1.88. The number of alkyl halides is 2. The van der Waals surface area contributed by atoms with Crippen molar-refractivity contribution in [1.29, 1.82) is 0 Å². The van der Waals surface area contributed by atoms with Crippen molar-refractivity contribution in [2.75, 3.05) is 18.4 Å². The lowest BCUT2D eigenvalue weighted by molar-refractivity contribution is 0.262. The Balaban J connectivity index is 3.18. The van der Waals surface area contributed by atoms with Gasteiger partial charge in [-0.15, -0.1) is 23.2 Å². The highest BCUT2D eigenvalue weighted by molar-refractivity contribution is 6.18. The second-order valence-corrected chi connectivity index (χ2v) is 2.70. The Kier molecular flexibility index (Phi) is 7.06. The van der Waals surface area contributed by atoms with Crippen molar-refractivity contribution in [3.05, 3.63) is 0 Å². The molecule has 0 aliphatic carbocycles. The quantitative estimate of drug-likeness (QED) is 0.626. The number of rotatable bonds is 5. The lowest BCUT2D eigenvalue weighted by Crippen LogP contribution is -2.05. The van der Waals surface area contributed by atoms with Gasteiger partial charge in [-0.05, 0) is 18.8 Å². The van der Waals surface area contributed by atoms with E-state index in [2.05, 4.69) is 0 Å². The molecule has 0 aromatic carbocycles. The van der Waals surface area contributed by atoms with E-state index in [4.69, 9.17) is 28.3 Å². The Morgan fingerprint density at radius 3 is 2.22 bits per heavy atom. The fourth-order valence-electron chi connectivity index (χ4n) is 0.636. The van der Waals surface area contributed by atoms with Gasteiger partial charge >= 0.3 is 0 Å². The number of halogens is 2. The second-order valence-electron chi connectivity index (χ2n) is 2.01. The molecule has 0 aliphatic heterocycles. The van der Waals surface area contributed by atoms with Crippen molar-refractivity contribution in [3.63, 3.8) is 0 Å². The van der Waals surface area contributed by atoms with Crippen LogP contribution in [0, 0.1) is 5.92 Å². The van der Waals surface area contributed by atoms with E-state index in [1.54, 1.807) is 0 Å². The van der Waals surface area contributed by atoms with Crippen LogP contribution in [0.15, 0.2) is 0 Å². The standard InChI is InChI=1S/C6H12Cl2O/c7-3-1-6(5-8)2-4-9/h6,9H,1-5H2. The minimum Gasteiger partial charge on any atom is -0.396 e. The largest absolute Gasteiger partial charge is 0.396 e. The predicted molar refractivity (Wildman–Crippen MR) is 41.2 cm³/mol. The fourth-order valence-corrected chi connectivity index (χ4v) is 1.25.